The predicted molar refractivity (Wildman–Crippen MR) is 156 cm³/mol. The van der Waals surface area contributed by atoms with E-state index in [0.717, 1.165) is 41.3 Å². The molecule has 0 unspecified atom stereocenters. The molecule has 35 heavy (non-hydrogen) atoms. The second-order valence-electron chi connectivity index (χ2n) is 10.4. The third-order valence-corrected chi connectivity index (χ3v) is 10.0. The largest absolute Gasteiger partial charge is 0.318 e. The van der Waals surface area contributed by atoms with Gasteiger partial charge in [0, 0.05) is 26.7 Å². The highest BCUT2D eigenvalue weighted by Crippen LogP contribution is 2.39. The minimum Gasteiger partial charge on any atom is -0.318 e. The molecule has 2 heterocycles. The molecule has 0 spiro atoms. The van der Waals surface area contributed by atoms with E-state index in [0.29, 0.717) is 12.1 Å². The van der Waals surface area contributed by atoms with E-state index in [1.807, 2.05) is 0 Å². The summed E-state index contributed by atoms with van der Waals surface area (Å²) in [4.78, 5) is 21.8. The van der Waals surface area contributed by atoms with Crippen LogP contribution in [0.3, 0.4) is 0 Å². The number of nitrogens with zero attached hydrogens (tertiary/aromatic N) is 3. The van der Waals surface area contributed by atoms with Gasteiger partial charge in [-0.05, 0) is 122 Å². The molecule has 0 atom stereocenters. The Morgan fingerprint density at radius 2 is 1.66 bits per heavy atom. The molecule has 186 valence electrons. The van der Waals surface area contributed by atoms with Gasteiger partial charge in [-0.25, -0.2) is 0 Å². The SMILES string of the molecule is Cc1cc(-n2c(C)cc(/C=C3\SC(=NC4CCCCC4)N(C4CCCCC4)C3=O)c2C)ccc1I. The maximum absolute atomic E-state index is 13.8. The zero-order valence-corrected chi connectivity index (χ0v) is 24.1. The molecular formula is C29H36IN3OS. The molecule has 2 saturated carbocycles. The number of halogens is 1. The molecule has 0 bridgehead atoms. The first-order valence-corrected chi connectivity index (χ1v) is 15.1. The molecule has 6 heteroatoms. The zero-order chi connectivity index (χ0) is 24.5. The first kappa shape index (κ1) is 25.1. The second-order valence-corrected chi connectivity index (χ2v) is 12.5. The summed E-state index contributed by atoms with van der Waals surface area (Å²) in [6.07, 6.45) is 14.2. The average molecular weight is 602 g/mol. The lowest BCUT2D eigenvalue weighted by Crippen LogP contribution is -2.41. The summed E-state index contributed by atoms with van der Waals surface area (Å²) in [5.74, 6) is 0.159. The Hall–Kier alpha value is -1.54. The van der Waals surface area contributed by atoms with Crippen molar-refractivity contribution in [3.05, 3.63) is 55.3 Å². The monoisotopic (exact) mass is 601 g/mol. The molecule has 1 amide bonds. The smallest absolute Gasteiger partial charge is 0.267 e. The van der Waals surface area contributed by atoms with Gasteiger partial charge in [-0.2, -0.15) is 0 Å². The zero-order valence-electron chi connectivity index (χ0n) is 21.1. The van der Waals surface area contributed by atoms with Crippen LogP contribution in [0.25, 0.3) is 11.8 Å². The minimum absolute atomic E-state index is 0.159. The summed E-state index contributed by atoms with van der Waals surface area (Å²) in [6, 6.07) is 9.49. The Morgan fingerprint density at radius 3 is 2.34 bits per heavy atom. The van der Waals surface area contributed by atoms with Gasteiger partial charge in [0.15, 0.2) is 5.17 Å². The number of hydrogen-bond acceptors (Lipinski definition) is 3. The summed E-state index contributed by atoms with van der Waals surface area (Å²) < 4.78 is 3.58. The van der Waals surface area contributed by atoms with Gasteiger partial charge in [0.1, 0.15) is 0 Å². The van der Waals surface area contributed by atoms with Gasteiger partial charge in [0.2, 0.25) is 0 Å². The number of rotatable bonds is 4. The molecule has 3 aliphatic rings. The number of hydrogen-bond donors (Lipinski definition) is 0. The van der Waals surface area contributed by atoms with E-state index in [1.165, 1.54) is 64.7 Å². The van der Waals surface area contributed by atoms with Crippen LogP contribution in [0.5, 0.6) is 0 Å². The maximum atomic E-state index is 13.8. The van der Waals surface area contributed by atoms with Crippen LogP contribution in [-0.2, 0) is 4.79 Å². The molecule has 4 nitrogen and oxygen atoms in total. The summed E-state index contributed by atoms with van der Waals surface area (Å²) in [7, 11) is 0. The van der Waals surface area contributed by atoms with E-state index in [4.69, 9.17) is 4.99 Å². The van der Waals surface area contributed by atoms with Crippen molar-refractivity contribution >= 4 is 51.5 Å². The fourth-order valence-corrected chi connectivity index (χ4v) is 7.28. The highest BCUT2D eigenvalue weighted by atomic mass is 127. The lowest BCUT2D eigenvalue weighted by atomic mass is 9.94. The van der Waals surface area contributed by atoms with Gasteiger partial charge < -0.3 is 4.57 Å². The van der Waals surface area contributed by atoms with Gasteiger partial charge in [-0.3, -0.25) is 14.7 Å². The van der Waals surface area contributed by atoms with Crippen molar-refractivity contribution in [2.45, 2.75) is 97.1 Å². The topological polar surface area (TPSA) is 37.6 Å². The summed E-state index contributed by atoms with van der Waals surface area (Å²) >= 11 is 3.99. The molecule has 1 aromatic carbocycles. The Labute approximate surface area is 227 Å². The van der Waals surface area contributed by atoms with Gasteiger partial charge in [0.25, 0.3) is 5.91 Å². The van der Waals surface area contributed by atoms with Crippen molar-refractivity contribution in [1.29, 1.82) is 0 Å². The van der Waals surface area contributed by atoms with Gasteiger partial charge in [0.05, 0.1) is 10.9 Å². The fourth-order valence-electron chi connectivity index (χ4n) is 5.84. The molecule has 1 aromatic heterocycles. The van der Waals surface area contributed by atoms with E-state index in [2.05, 4.69) is 83.2 Å². The van der Waals surface area contributed by atoms with Gasteiger partial charge >= 0.3 is 0 Å². The summed E-state index contributed by atoms with van der Waals surface area (Å²) in [5.41, 5.74) is 5.94. The molecular weight excluding hydrogens is 565 g/mol. The first-order valence-electron chi connectivity index (χ1n) is 13.2. The van der Waals surface area contributed by atoms with Crippen LogP contribution in [0.1, 0.15) is 86.7 Å². The number of benzene rings is 1. The van der Waals surface area contributed by atoms with E-state index in [1.54, 1.807) is 11.8 Å². The number of aliphatic imine (C=N–C) groups is 1. The lowest BCUT2D eigenvalue weighted by molar-refractivity contribution is -0.124. The van der Waals surface area contributed by atoms with Crippen LogP contribution in [0.2, 0.25) is 0 Å². The summed E-state index contributed by atoms with van der Waals surface area (Å²) in [6.45, 7) is 6.46. The molecule has 3 fully saturated rings. The molecule has 0 N–H and O–H groups in total. The van der Waals surface area contributed by atoms with E-state index in [-0.39, 0.29) is 5.91 Å². The van der Waals surface area contributed by atoms with E-state index in [9.17, 15) is 4.79 Å². The lowest BCUT2D eigenvalue weighted by Gasteiger charge is -2.31. The predicted octanol–water partition coefficient (Wildman–Crippen LogP) is 7.94. The van der Waals surface area contributed by atoms with Crippen LogP contribution in [0.15, 0.2) is 34.2 Å². The number of thioether (sulfide) groups is 1. The molecule has 1 aliphatic heterocycles. The highest BCUT2D eigenvalue weighted by Gasteiger charge is 2.39. The molecule has 0 radical (unpaired) electrons. The highest BCUT2D eigenvalue weighted by molar-refractivity contribution is 14.1. The number of aryl methyl sites for hydroxylation is 2. The first-order chi connectivity index (χ1) is 16.9. The molecule has 2 aliphatic carbocycles. The van der Waals surface area contributed by atoms with Crippen molar-refractivity contribution in [2.75, 3.05) is 0 Å². The van der Waals surface area contributed by atoms with Crippen molar-refractivity contribution in [2.24, 2.45) is 4.99 Å². The molecule has 1 saturated heterocycles. The van der Waals surface area contributed by atoms with Crippen molar-refractivity contribution in [3.63, 3.8) is 0 Å². The molecule has 5 rings (SSSR count). The van der Waals surface area contributed by atoms with Crippen molar-refractivity contribution in [1.82, 2.24) is 9.47 Å². The average Bonchev–Trinajstić information content (AvgIpc) is 3.31. The van der Waals surface area contributed by atoms with Crippen molar-refractivity contribution < 1.29 is 4.79 Å². The number of carbonyl (C=O) groups excluding carboxylic acids is 1. The van der Waals surface area contributed by atoms with Crippen molar-refractivity contribution in [3.8, 4) is 5.69 Å². The Bertz CT molecular complexity index is 1170. The number of aromatic nitrogens is 1. The number of amides is 1. The third-order valence-electron chi connectivity index (χ3n) is 7.80. The summed E-state index contributed by atoms with van der Waals surface area (Å²) in [5, 5.41) is 0.960. The normalized spacial score (nSPS) is 22.6. The number of amidine groups is 1. The van der Waals surface area contributed by atoms with Crippen LogP contribution >= 0.6 is 34.4 Å². The van der Waals surface area contributed by atoms with E-state index < -0.39 is 0 Å². The van der Waals surface area contributed by atoms with Crippen LogP contribution < -0.4 is 0 Å². The Kier molecular flexibility index (Phi) is 7.78. The Morgan fingerprint density at radius 1 is 0.971 bits per heavy atom. The van der Waals surface area contributed by atoms with Crippen LogP contribution in [0, 0.1) is 24.3 Å². The van der Waals surface area contributed by atoms with Crippen LogP contribution in [-0.4, -0.2) is 32.6 Å². The second kappa shape index (κ2) is 10.8. The Balaban J connectivity index is 1.48. The van der Waals surface area contributed by atoms with Gasteiger partial charge in [-0.15, -0.1) is 0 Å². The quantitative estimate of drug-likeness (QED) is 0.264. The standard InChI is InChI=1S/C29H36IN3OS/c1-19-16-25(14-15-26(19)30)32-20(2)17-22(21(32)3)18-27-28(34)33(24-12-8-5-9-13-24)29(35-27)31-23-10-6-4-7-11-23/h14-18,23-24H,4-13H2,1-3H3/b27-18-,31-29?. The fraction of sp³-hybridized carbons (Fsp3) is 0.517. The maximum Gasteiger partial charge on any atom is 0.267 e. The van der Waals surface area contributed by atoms with Gasteiger partial charge in [-0.1, -0.05) is 38.5 Å². The number of carbonyl (C=O) groups is 1. The van der Waals surface area contributed by atoms with Crippen LogP contribution in [0.4, 0.5) is 0 Å². The molecule has 2 aromatic rings. The third kappa shape index (κ3) is 5.29. The van der Waals surface area contributed by atoms with E-state index >= 15 is 0 Å². The minimum atomic E-state index is 0.159.